The van der Waals surface area contributed by atoms with Crippen molar-refractivity contribution in [1.82, 2.24) is 14.7 Å². The average molecular weight is 537 g/mol. The molecule has 1 aliphatic heterocycles. The standard InChI is InChI=1S/C33H36N4O3/c1-4-6-8-12-20-40-28-17-15-25(16-18-28)31-26(23-37(35-31)27-13-10-9-11-14-27)21-29-24(3)30(22-34)33(39)36(32(29)38)19-7-5-2/h9-11,13-18,21,23H,4-8,12,19-20H2,1-3H3/b29-21+. The van der Waals surface area contributed by atoms with Gasteiger partial charge in [-0.3, -0.25) is 14.5 Å². The number of carbonyl (C=O) groups is 2. The van der Waals surface area contributed by atoms with Crippen LogP contribution in [0.1, 0.15) is 64.9 Å². The van der Waals surface area contributed by atoms with Gasteiger partial charge in [0.15, 0.2) is 0 Å². The van der Waals surface area contributed by atoms with Crippen molar-refractivity contribution in [2.45, 2.75) is 59.3 Å². The summed E-state index contributed by atoms with van der Waals surface area (Å²) in [6, 6.07) is 19.5. The largest absolute Gasteiger partial charge is 0.494 e. The second-order valence-corrected chi connectivity index (χ2v) is 9.93. The lowest BCUT2D eigenvalue weighted by atomic mass is 9.93. The molecule has 0 aliphatic carbocycles. The van der Waals surface area contributed by atoms with Crippen LogP contribution in [0.3, 0.4) is 0 Å². The van der Waals surface area contributed by atoms with Crippen LogP contribution in [0.15, 0.2) is 77.5 Å². The Labute approximate surface area is 236 Å². The van der Waals surface area contributed by atoms with E-state index in [1.165, 1.54) is 17.7 Å². The number of para-hydroxylation sites is 1. The fourth-order valence-electron chi connectivity index (χ4n) is 4.66. The highest BCUT2D eigenvalue weighted by Crippen LogP contribution is 2.32. The van der Waals surface area contributed by atoms with E-state index in [9.17, 15) is 14.9 Å². The van der Waals surface area contributed by atoms with Crippen molar-refractivity contribution in [3.05, 3.63) is 83.1 Å². The van der Waals surface area contributed by atoms with Crippen LogP contribution in [-0.2, 0) is 9.59 Å². The third-order valence-corrected chi connectivity index (χ3v) is 7.02. The third-order valence-electron chi connectivity index (χ3n) is 7.02. The van der Waals surface area contributed by atoms with Crippen molar-refractivity contribution < 1.29 is 14.3 Å². The van der Waals surface area contributed by atoms with Crippen LogP contribution < -0.4 is 4.74 Å². The van der Waals surface area contributed by atoms with E-state index in [0.29, 0.717) is 35.4 Å². The predicted octanol–water partition coefficient (Wildman–Crippen LogP) is 6.89. The van der Waals surface area contributed by atoms with Crippen molar-refractivity contribution in [2.24, 2.45) is 0 Å². The zero-order chi connectivity index (χ0) is 28.5. The monoisotopic (exact) mass is 536 g/mol. The molecule has 0 unspecified atom stereocenters. The van der Waals surface area contributed by atoms with Crippen molar-refractivity contribution in [3.8, 4) is 28.8 Å². The first-order valence-electron chi connectivity index (χ1n) is 14.1. The SMILES string of the molecule is CCCCCCOc1ccc(-c2nn(-c3ccccc3)cc2/C=C2/C(=O)N(CCCC)C(=O)C(C#N)=C2C)cc1. The fraction of sp³-hybridized carbons (Fsp3) is 0.333. The number of hydrogen-bond acceptors (Lipinski definition) is 5. The molecule has 0 atom stereocenters. The van der Waals surface area contributed by atoms with Gasteiger partial charge >= 0.3 is 0 Å². The number of amides is 2. The van der Waals surface area contributed by atoms with E-state index in [1.54, 1.807) is 17.7 Å². The summed E-state index contributed by atoms with van der Waals surface area (Å²) in [5.41, 5.74) is 3.84. The number of unbranched alkanes of at least 4 members (excludes halogenated alkanes) is 4. The lowest BCUT2D eigenvalue weighted by Gasteiger charge is -2.27. The number of ether oxygens (including phenoxy) is 1. The smallest absolute Gasteiger partial charge is 0.271 e. The van der Waals surface area contributed by atoms with E-state index in [2.05, 4.69) is 6.92 Å². The third kappa shape index (κ3) is 6.40. The Hall–Kier alpha value is -4.44. The van der Waals surface area contributed by atoms with E-state index in [1.807, 2.05) is 73.8 Å². The maximum atomic E-state index is 13.5. The van der Waals surface area contributed by atoms with Gasteiger partial charge in [0.05, 0.1) is 18.0 Å². The van der Waals surface area contributed by atoms with Crippen LogP contribution in [0.25, 0.3) is 23.0 Å². The Morgan fingerprint density at radius 3 is 2.33 bits per heavy atom. The van der Waals surface area contributed by atoms with E-state index in [-0.39, 0.29) is 18.0 Å². The minimum absolute atomic E-state index is 0.000562. The van der Waals surface area contributed by atoms with Crippen LogP contribution in [0, 0.1) is 11.3 Å². The van der Waals surface area contributed by atoms with Gasteiger partial charge < -0.3 is 4.74 Å². The maximum Gasteiger partial charge on any atom is 0.271 e. The van der Waals surface area contributed by atoms with Crippen molar-refractivity contribution in [1.29, 1.82) is 5.26 Å². The molecule has 2 amide bonds. The number of benzene rings is 2. The maximum absolute atomic E-state index is 13.5. The first-order valence-corrected chi connectivity index (χ1v) is 14.1. The van der Waals surface area contributed by atoms with Gasteiger partial charge in [-0.1, -0.05) is 57.7 Å². The number of nitrogens with zero attached hydrogens (tertiary/aromatic N) is 4. The number of imide groups is 1. The molecule has 40 heavy (non-hydrogen) atoms. The topological polar surface area (TPSA) is 88.2 Å². The van der Waals surface area contributed by atoms with E-state index in [4.69, 9.17) is 9.84 Å². The number of rotatable bonds is 12. The molecule has 2 heterocycles. The summed E-state index contributed by atoms with van der Waals surface area (Å²) in [6.45, 7) is 6.80. The molecule has 0 N–H and O–H groups in total. The van der Waals surface area contributed by atoms with Crippen LogP contribution >= 0.6 is 0 Å². The number of aromatic nitrogens is 2. The van der Waals surface area contributed by atoms with Gasteiger partial charge in [0.2, 0.25) is 0 Å². The van der Waals surface area contributed by atoms with Gasteiger partial charge in [0, 0.05) is 29.4 Å². The zero-order valence-electron chi connectivity index (χ0n) is 23.5. The molecule has 0 saturated carbocycles. The first-order chi connectivity index (χ1) is 19.5. The van der Waals surface area contributed by atoms with Crippen molar-refractivity contribution >= 4 is 17.9 Å². The molecule has 0 spiro atoms. The normalized spacial score (nSPS) is 14.7. The Morgan fingerprint density at radius 1 is 0.925 bits per heavy atom. The quantitative estimate of drug-likeness (QED) is 0.143. The number of nitriles is 1. The molecule has 3 aromatic rings. The molecule has 1 aromatic heterocycles. The Balaban J connectivity index is 1.73. The van der Waals surface area contributed by atoms with Crippen LogP contribution in [0.4, 0.5) is 0 Å². The molecule has 7 nitrogen and oxygen atoms in total. The fourth-order valence-corrected chi connectivity index (χ4v) is 4.66. The predicted molar refractivity (Wildman–Crippen MR) is 157 cm³/mol. The summed E-state index contributed by atoms with van der Waals surface area (Å²) in [6.07, 6.45) is 9.70. The Morgan fingerprint density at radius 2 is 1.65 bits per heavy atom. The van der Waals surface area contributed by atoms with E-state index >= 15 is 0 Å². The Bertz CT molecular complexity index is 1440. The Kier molecular flexibility index (Phi) is 9.69. The van der Waals surface area contributed by atoms with Crippen molar-refractivity contribution in [3.63, 3.8) is 0 Å². The summed E-state index contributed by atoms with van der Waals surface area (Å²) in [5, 5.41) is 14.6. The lowest BCUT2D eigenvalue weighted by Crippen LogP contribution is -2.43. The summed E-state index contributed by atoms with van der Waals surface area (Å²) in [5.74, 6) is -0.117. The molecule has 0 bridgehead atoms. The molecule has 1 aliphatic rings. The zero-order valence-corrected chi connectivity index (χ0v) is 23.5. The molecule has 0 saturated heterocycles. The molecule has 0 radical (unpaired) electrons. The van der Waals surface area contributed by atoms with Crippen LogP contribution in [0.5, 0.6) is 5.75 Å². The average Bonchev–Trinajstić information content (AvgIpc) is 3.40. The van der Waals surface area contributed by atoms with Crippen molar-refractivity contribution in [2.75, 3.05) is 13.2 Å². The molecular weight excluding hydrogens is 500 g/mol. The molecular formula is C33H36N4O3. The number of carbonyl (C=O) groups excluding carboxylic acids is 2. The second kappa shape index (κ2) is 13.6. The van der Waals surface area contributed by atoms with Crippen LogP contribution in [-0.4, -0.2) is 39.6 Å². The molecule has 2 aromatic carbocycles. The minimum atomic E-state index is -0.527. The molecule has 4 rings (SSSR count). The molecule has 206 valence electrons. The summed E-state index contributed by atoms with van der Waals surface area (Å²) in [4.78, 5) is 27.6. The summed E-state index contributed by atoms with van der Waals surface area (Å²) < 4.78 is 7.69. The lowest BCUT2D eigenvalue weighted by molar-refractivity contribution is -0.140. The van der Waals surface area contributed by atoms with E-state index < -0.39 is 5.91 Å². The summed E-state index contributed by atoms with van der Waals surface area (Å²) >= 11 is 0. The number of hydrogen-bond donors (Lipinski definition) is 0. The van der Waals surface area contributed by atoms with Gasteiger partial charge in [-0.05, 0) is 67.8 Å². The van der Waals surface area contributed by atoms with Gasteiger partial charge in [-0.25, -0.2) is 4.68 Å². The van der Waals surface area contributed by atoms with Gasteiger partial charge in [-0.2, -0.15) is 10.4 Å². The minimum Gasteiger partial charge on any atom is -0.494 e. The second-order valence-electron chi connectivity index (χ2n) is 9.93. The molecule has 7 heteroatoms. The van der Waals surface area contributed by atoms with Gasteiger partial charge in [0.25, 0.3) is 11.8 Å². The highest BCUT2D eigenvalue weighted by molar-refractivity contribution is 6.19. The highest BCUT2D eigenvalue weighted by Gasteiger charge is 2.35. The first kappa shape index (κ1) is 28.6. The molecule has 0 fully saturated rings. The van der Waals surface area contributed by atoms with E-state index in [0.717, 1.165) is 36.3 Å². The van der Waals surface area contributed by atoms with Gasteiger partial charge in [0.1, 0.15) is 17.4 Å². The highest BCUT2D eigenvalue weighted by atomic mass is 16.5. The van der Waals surface area contributed by atoms with Gasteiger partial charge in [-0.15, -0.1) is 0 Å². The summed E-state index contributed by atoms with van der Waals surface area (Å²) in [7, 11) is 0. The van der Waals surface area contributed by atoms with Crippen LogP contribution in [0.2, 0.25) is 0 Å².